The van der Waals surface area contributed by atoms with E-state index < -0.39 is 19.1 Å². The van der Waals surface area contributed by atoms with Crippen molar-refractivity contribution in [2.45, 2.75) is 32.1 Å². The average molecular weight is 374 g/mol. The minimum Gasteiger partial charge on any atom is -0.282 e. The third-order valence-electron chi connectivity index (χ3n) is 2.76. The first-order chi connectivity index (χ1) is 9.42. The van der Waals surface area contributed by atoms with Crippen molar-refractivity contribution in [1.29, 1.82) is 0 Å². The molecule has 120 valence electrons. The van der Waals surface area contributed by atoms with Gasteiger partial charge >= 0.3 is 0 Å². The predicted molar refractivity (Wildman–Crippen MR) is 86.1 cm³/mol. The Bertz CT molecular complexity index is 705. The Morgan fingerprint density at radius 3 is 2.19 bits per heavy atom. The molecule has 0 heterocycles. The number of rotatable bonds is 6. The Kier molecular flexibility index (Phi) is 5.94. The molecule has 1 aromatic rings. The zero-order chi connectivity index (χ0) is 16.4. The fraction of sp³-hybridized carbons (Fsp3) is 0.500. The number of nitrogens with one attached hydrogen (secondary N) is 1. The van der Waals surface area contributed by atoms with Gasteiger partial charge in [-0.2, -0.15) is 0 Å². The van der Waals surface area contributed by atoms with Crippen LogP contribution in [0.3, 0.4) is 0 Å². The van der Waals surface area contributed by atoms with Gasteiger partial charge in [0.15, 0.2) is 0 Å². The summed E-state index contributed by atoms with van der Waals surface area (Å²) >= 11 is 5.96. The first-order valence-corrected chi connectivity index (χ1v) is 10.5. The first kappa shape index (κ1) is 18.5. The van der Waals surface area contributed by atoms with Crippen LogP contribution in [0.4, 0.5) is 5.69 Å². The van der Waals surface area contributed by atoms with E-state index in [0.717, 1.165) is 6.07 Å². The van der Waals surface area contributed by atoms with Gasteiger partial charge < -0.3 is 0 Å². The lowest BCUT2D eigenvalue weighted by Crippen LogP contribution is -2.19. The molecule has 0 amide bonds. The quantitative estimate of drug-likeness (QED) is 0.775. The highest BCUT2D eigenvalue weighted by Gasteiger charge is 2.19. The fourth-order valence-corrected chi connectivity index (χ4v) is 4.32. The lowest BCUT2D eigenvalue weighted by atomic mass is 10.2. The Labute approximate surface area is 135 Å². The summed E-state index contributed by atoms with van der Waals surface area (Å²) < 4.78 is 48.9. The van der Waals surface area contributed by atoms with E-state index in [1.165, 1.54) is 6.07 Å². The summed E-state index contributed by atoms with van der Waals surface area (Å²) in [7, 11) is -2.21. The zero-order valence-corrected chi connectivity index (χ0v) is 15.0. The van der Waals surface area contributed by atoms with Crippen molar-refractivity contribution in [2.75, 3.05) is 10.5 Å². The van der Waals surface area contributed by atoms with Crippen LogP contribution < -0.4 is 4.72 Å². The summed E-state index contributed by atoms with van der Waals surface area (Å²) in [5.74, 6) is 0.220. The van der Waals surface area contributed by atoms with Crippen LogP contribution >= 0.6 is 22.3 Å². The largest absolute Gasteiger partial charge is 0.282 e. The van der Waals surface area contributed by atoms with Crippen LogP contribution in [0.25, 0.3) is 0 Å². The van der Waals surface area contributed by atoms with E-state index in [1.54, 1.807) is 6.92 Å². The van der Waals surface area contributed by atoms with E-state index in [9.17, 15) is 16.8 Å². The van der Waals surface area contributed by atoms with E-state index in [0.29, 0.717) is 12.0 Å². The number of hydrogen-bond acceptors (Lipinski definition) is 4. The standard InChI is InChI=1S/C12H17Cl2NO4S2/c1-8(2)4-5-20(16,17)15-12-9(3)6-10(7-11(12)13)21(14,18)19/h6-8,15H,4-5H2,1-3H3. The van der Waals surface area contributed by atoms with Crippen LogP contribution in [0.2, 0.25) is 5.02 Å². The molecule has 0 saturated heterocycles. The Morgan fingerprint density at radius 2 is 1.76 bits per heavy atom. The Balaban J connectivity index is 3.11. The smallest absolute Gasteiger partial charge is 0.261 e. The molecule has 0 radical (unpaired) electrons. The molecule has 0 saturated carbocycles. The van der Waals surface area contributed by atoms with Crippen LogP contribution in [0, 0.1) is 12.8 Å². The Morgan fingerprint density at radius 1 is 1.19 bits per heavy atom. The predicted octanol–water partition coefficient (Wildman–Crippen LogP) is 3.36. The number of anilines is 1. The summed E-state index contributed by atoms with van der Waals surface area (Å²) in [6.07, 6.45) is 0.514. The molecule has 0 spiro atoms. The second-order valence-corrected chi connectivity index (χ2v) is 9.95. The number of aryl methyl sites for hydroxylation is 1. The maximum Gasteiger partial charge on any atom is 0.261 e. The van der Waals surface area contributed by atoms with Crippen LogP contribution in [0.1, 0.15) is 25.8 Å². The summed E-state index contributed by atoms with van der Waals surface area (Å²) in [4.78, 5) is -0.170. The van der Waals surface area contributed by atoms with Crippen molar-refractivity contribution in [1.82, 2.24) is 0 Å². The van der Waals surface area contributed by atoms with Gasteiger partial charge in [-0.3, -0.25) is 4.72 Å². The minimum absolute atomic E-state index is 0.0117. The van der Waals surface area contributed by atoms with Crippen LogP contribution in [-0.4, -0.2) is 22.6 Å². The molecule has 0 unspecified atom stereocenters. The van der Waals surface area contributed by atoms with Gasteiger partial charge in [0, 0.05) is 10.7 Å². The molecule has 0 bridgehead atoms. The van der Waals surface area contributed by atoms with E-state index in [1.807, 2.05) is 13.8 Å². The van der Waals surface area contributed by atoms with Crippen molar-refractivity contribution in [3.63, 3.8) is 0 Å². The molecular formula is C12H17Cl2NO4S2. The van der Waals surface area contributed by atoms with Crippen LogP contribution in [0.5, 0.6) is 0 Å². The highest BCUT2D eigenvalue weighted by molar-refractivity contribution is 8.13. The molecule has 0 aromatic heterocycles. The van der Waals surface area contributed by atoms with Gasteiger partial charge in [-0.15, -0.1) is 0 Å². The molecule has 0 aliphatic rings. The molecule has 1 N–H and O–H groups in total. The number of sulfonamides is 1. The lowest BCUT2D eigenvalue weighted by Gasteiger charge is -2.14. The molecule has 0 atom stereocenters. The van der Waals surface area contributed by atoms with Gasteiger partial charge in [0.05, 0.1) is 21.4 Å². The maximum absolute atomic E-state index is 12.0. The minimum atomic E-state index is -3.92. The van der Waals surface area contributed by atoms with E-state index >= 15 is 0 Å². The molecule has 1 aromatic carbocycles. The van der Waals surface area contributed by atoms with E-state index in [2.05, 4.69) is 4.72 Å². The van der Waals surface area contributed by atoms with Crippen LogP contribution in [-0.2, 0) is 19.1 Å². The van der Waals surface area contributed by atoms with Gasteiger partial charge in [-0.1, -0.05) is 25.4 Å². The highest BCUT2D eigenvalue weighted by Crippen LogP contribution is 2.31. The summed E-state index contributed by atoms with van der Waals surface area (Å²) in [6.45, 7) is 5.40. The van der Waals surface area contributed by atoms with Gasteiger partial charge in [0.2, 0.25) is 10.0 Å². The number of hydrogen-bond donors (Lipinski definition) is 1. The highest BCUT2D eigenvalue weighted by atomic mass is 35.7. The molecule has 0 fully saturated rings. The second kappa shape index (κ2) is 6.73. The fourth-order valence-electron chi connectivity index (χ4n) is 1.58. The van der Waals surface area contributed by atoms with Crippen molar-refractivity contribution >= 4 is 47.0 Å². The van der Waals surface area contributed by atoms with Gasteiger partial charge in [-0.05, 0) is 37.0 Å². The van der Waals surface area contributed by atoms with Gasteiger partial charge in [0.25, 0.3) is 9.05 Å². The molecule has 0 aliphatic heterocycles. The molecule has 1 rings (SSSR count). The SMILES string of the molecule is Cc1cc(S(=O)(=O)Cl)cc(Cl)c1NS(=O)(=O)CCC(C)C. The Hall–Kier alpha value is -0.500. The monoisotopic (exact) mass is 373 g/mol. The summed E-state index contributed by atoms with van der Waals surface area (Å²) in [5, 5.41) is -0.0117. The van der Waals surface area contributed by atoms with Gasteiger partial charge in [0.1, 0.15) is 0 Å². The maximum atomic E-state index is 12.0. The molecule has 5 nitrogen and oxygen atoms in total. The molecule has 0 aliphatic carbocycles. The van der Waals surface area contributed by atoms with Crippen LogP contribution in [0.15, 0.2) is 17.0 Å². The van der Waals surface area contributed by atoms with Crippen molar-refractivity contribution in [3.8, 4) is 0 Å². The van der Waals surface area contributed by atoms with E-state index in [-0.39, 0.29) is 27.3 Å². The normalized spacial score (nSPS) is 12.7. The van der Waals surface area contributed by atoms with Crippen molar-refractivity contribution in [3.05, 3.63) is 22.7 Å². The van der Waals surface area contributed by atoms with Crippen molar-refractivity contribution < 1.29 is 16.8 Å². The summed E-state index contributed by atoms with van der Waals surface area (Å²) in [6, 6.07) is 2.39. The zero-order valence-electron chi connectivity index (χ0n) is 11.9. The third kappa shape index (κ3) is 5.65. The van der Waals surface area contributed by atoms with Crippen molar-refractivity contribution in [2.24, 2.45) is 5.92 Å². The molecular weight excluding hydrogens is 357 g/mol. The third-order valence-corrected chi connectivity index (χ3v) is 5.68. The summed E-state index contributed by atoms with van der Waals surface area (Å²) in [5.41, 5.74) is 0.555. The number of benzene rings is 1. The number of halogens is 2. The topological polar surface area (TPSA) is 80.3 Å². The van der Waals surface area contributed by atoms with E-state index in [4.69, 9.17) is 22.3 Å². The second-order valence-electron chi connectivity index (χ2n) is 5.14. The molecule has 9 heteroatoms. The first-order valence-electron chi connectivity index (χ1n) is 6.17. The van der Waals surface area contributed by atoms with Gasteiger partial charge in [-0.25, -0.2) is 16.8 Å². The molecule has 21 heavy (non-hydrogen) atoms. The lowest BCUT2D eigenvalue weighted by molar-refractivity contribution is 0.578. The average Bonchev–Trinajstić information content (AvgIpc) is 2.30.